The van der Waals surface area contributed by atoms with Gasteiger partial charge in [0.1, 0.15) is 5.82 Å². The molecule has 2 unspecified atom stereocenters. The number of hydrogen-bond donors (Lipinski definition) is 3. The monoisotopic (exact) mass is 249 g/mol. The molecule has 98 valence electrons. The molecule has 0 aliphatic rings. The number of anilines is 2. The van der Waals surface area contributed by atoms with Crippen LogP contribution in [0.2, 0.25) is 0 Å². The molecule has 0 saturated heterocycles. The van der Waals surface area contributed by atoms with Gasteiger partial charge in [-0.3, -0.25) is 0 Å². The summed E-state index contributed by atoms with van der Waals surface area (Å²) in [6, 6.07) is 0.130. The first-order valence-electron chi connectivity index (χ1n) is 6.06. The normalized spacial score (nSPS) is 14.4. The summed E-state index contributed by atoms with van der Waals surface area (Å²) in [5.41, 5.74) is 0.784. The maximum absolute atomic E-state index is 9.38. The minimum Gasteiger partial charge on any atom is -0.393 e. The van der Waals surface area contributed by atoms with Crippen molar-refractivity contribution >= 4 is 17.3 Å². The molecule has 0 aliphatic heterocycles. The molecule has 18 heavy (non-hydrogen) atoms. The molecular formula is C12H19N5O. The van der Waals surface area contributed by atoms with Gasteiger partial charge in [0.25, 0.3) is 0 Å². The van der Waals surface area contributed by atoms with E-state index in [2.05, 4.69) is 20.6 Å². The zero-order valence-electron chi connectivity index (χ0n) is 10.9. The number of nitrogens with zero attached hydrogens (tertiary/aromatic N) is 3. The highest BCUT2D eigenvalue weighted by atomic mass is 16.3. The third kappa shape index (κ3) is 2.70. The number of rotatable bonds is 5. The van der Waals surface area contributed by atoms with Crippen LogP contribution in [0.3, 0.4) is 0 Å². The fourth-order valence-corrected chi connectivity index (χ4v) is 1.95. The first-order valence-corrected chi connectivity index (χ1v) is 6.06. The molecule has 2 aromatic heterocycles. The van der Waals surface area contributed by atoms with Crippen molar-refractivity contribution in [2.75, 3.05) is 17.7 Å². The van der Waals surface area contributed by atoms with Crippen LogP contribution in [0.15, 0.2) is 18.6 Å². The van der Waals surface area contributed by atoms with Gasteiger partial charge in [0.2, 0.25) is 0 Å². The van der Waals surface area contributed by atoms with Crippen LogP contribution in [0.5, 0.6) is 0 Å². The number of fused-ring (bicyclic) bond motifs is 1. The third-order valence-corrected chi connectivity index (χ3v) is 2.71. The Morgan fingerprint density at radius 1 is 1.44 bits per heavy atom. The Balaban J connectivity index is 2.28. The van der Waals surface area contributed by atoms with Crippen molar-refractivity contribution in [2.24, 2.45) is 0 Å². The van der Waals surface area contributed by atoms with Gasteiger partial charge >= 0.3 is 0 Å². The summed E-state index contributed by atoms with van der Waals surface area (Å²) >= 11 is 0. The van der Waals surface area contributed by atoms with E-state index in [4.69, 9.17) is 0 Å². The molecule has 2 heterocycles. The number of nitrogens with one attached hydrogen (secondary N) is 2. The summed E-state index contributed by atoms with van der Waals surface area (Å²) in [6.07, 6.45) is 5.82. The topological polar surface area (TPSA) is 74.5 Å². The van der Waals surface area contributed by atoms with E-state index < -0.39 is 0 Å². The van der Waals surface area contributed by atoms with Gasteiger partial charge in [-0.25, -0.2) is 9.97 Å². The fraction of sp³-hybridized carbons (Fsp3) is 0.500. The van der Waals surface area contributed by atoms with Crippen LogP contribution in [-0.4, -0.2) is 38.7 Å². The minimum absolute atomic E-state index is 0.130. The standard InChI is InChI=1S/C12H19N5O/c1-8(6-9(2)18)15-11-12-14-4-5-17(12)7-10(13-3)16-11/h4-5,7-9,13,18H,6H2,1-3H3,(H,15,16). The Morgan fingerprint density at radius 2 is 2.22 bits per heavy atom. The molecule has 2 rings (SSSR count). The first-order chi connectivity index (χ1) is 8.60. The van der Waals surface area contributed by atoms with E-state index in [1.54, 1.807) is 13.1 Å². The first kappa shape index (κ1) is 12.6. The fourth-order valence-electron chi connectivity index (χ4n) is 1.95. The second-order valence-electron chi connectivity index (χ2n) is 4.51. The minimum atomic E-state index is -0.337. The SMILES string of the molecule is CNc1cn2ccnc2c(NC(C)CC(C)O)n1. The molecule has 0 saturated carbocycles. The average Bonchev–Trinajstić information content (AvgIpc) is 2.75. The van der Waals surface area contributed by atoms with Crippen molar-refractivity contribution < 1.29 is 5.11 Å². The Morgan fingerprint density at radius 3 is 2.89 bits per heavy atom. The molecule has 6 heteroatoms. The van der Waals surface area contributed by atoms with Crippen LogP contribution >= 0.6 is 0 Å². The Labute approximate surface area is 106 Å². The molecule has 0 bridgehead atoms. The Bertz CT molecular complexity index is 522. The number of aliphatic hydroxyl groups excluding tert-OH is 1. The van der Waals surface area contributed by atoms with Crippen LogP contribution in [0.25, 0.3) is 5.65 Å². The maximum atomic E-state index is 9.38. The molecule has 0 amide bonds. The quantitative estimate of drug-likeness (QED) is 0.745. The second-order valence-corrected chi connectivity index (χ2v) is 4.51. The van der Waals surface area contributed by atoms with Gasteiger partial charge in [-0.1, -0.05) is 0 Å². The third-order valence-electron chi connectivity index (χ3n) is 2.71. The number of imidazole rings is 1. The summed E-state index contributed by atoms with van der Waals surface area (Å²) < 4.78 is 1.91. The van der Waals surface area contributed by atoms with Crippen molar-refractivity contribution in [3.63, 3.8) is 0 Å². The summed E-state index contributed by atoms with van der Waals surface area (Å²) in [5.74, 6) is 1.49. The maximum Gasteiger partial charge on any atom is 0.180 e. The molecular weight excluding hydrogens is 230 g/mol. The highest BCUT2D eigenvalue weighted by Gasteiger charge is 2.11. The van der Waals surface area contributed by atoms with Gasteiger partial charge in [-0.05, 0) is 20.3 Å². The van der Waals surface area contributed by atoms with E-state index in [0.29, 0.717) is 6.42 Å². The molecule has 0 aliphatic carbocycles. The van der Waals surface area contributed by atoms with Crippen LogP contribution in [-0.2, 0) is 0 Å². The highest BCUT2D eigenvalue weighted by molar-refractivity contribution is 5.65. The zero-order valence-corrected chi connectivity index (χ0v) is 10.9. The van der Waals surface area contributed by atoms with E-state index in [1.165, 1.54) is 0 Å². The Kier molecular flexibility index (Phi) is 3.66. The van der Waals surface area contributed by atoms with Gasteiger partial charge in [-0.15, -0.1) is 0 Å². The zero-order chi connectivity index (χ0) is 13.1. The van der Waals surface area contributed by atoms with Crippen molar-refractivity contribution in [2.45, 2.75) is 32.4 Å². The van der Waals surface area contributed by atoms with Crippen LogP contribution in [0.1, 0.15) is 20.3 Å². The lowest BCUT2D eigenvalue weighted by atomic mass is 10.1. The lowest BCUT2D eigenvalue weighted by Crippen LogP contribution is -2.22. The van der Waals surface area contributed by atoms with E-state index in [-0.39, 0.29) is 12.1 Å². The highest BCUT2D eigenvalue weighted by Crippen LogP contribution is 2.17. The summed E-state index contributed by atoms with van der Waals surface area (Å²) in [7, 11) is 1.83. The van der Waals surface area contributed by atoms with Crippen LogP contribution in [0, 0.1) is 0 Å². The average molecular weight is 249 g/mol. The lowest BCUT2D eigenvalue weighted by Gasteiger charge is -2.17. The molecule has 0 fully saturated rings. The summed E-state index contributed by atoms with van der Waals surface area (Å²) in [5, 5.41) is 15.7. The smallest absolute Gasteiger partial charge is 0.180 e. The largest absolute Gasteiger partial charge is 0.393 e. The van der Waals surface area contributed by atoms with E-state index in [0.717, 1.165) is 17.3 Å². The van der Waals surface area contributed by atoms with Crippen LogP contribution < -0.4 is 10.6 Å². The van der Waals surface area contributed by atoms with Gasteiger partial charge in [-0.2, -0.15) is 0 Å². The predicted molar refractivity (Wildman–Crippen MR) is 71.9 cm³/mol. The van der Waals surface area contributed by atoms with Crippen LogP contribution in [0.4, 0.5) is 11.6 Å². The molecule has 0 spiro atoms. The summed E-state index contributed by atoms with van der Waals surface area (Å²) in [6.45, 7) is 3.79. The number of hydrogen-bond acceptors (Lipinski definition) is 5. The lowest BCUT2D eigenvalue weighted by molar-refractivity contribution is 0.179. The van der Waals surface area contributed by atoms with E-state index in [9.17, 15) is 5.11 Å². The molecule has 0 radical (unpaired) electrons. The van der Waals surface area contributed by atoms with Crippen molar-refractivity contribution in [3.05, 3.63) is 18.6 Å². The van der Waals surface area contributed by atoms with E-state index >= 15 is 0 Å². The molecule has 2 aromatic rings. The van der Waals surface area contributed by atoms with Gasteiger partial charge in [0.05, 0.1) is 12.3 Å². The van der Waals surface area contributed by atoms with E-state index in [1.807, 2.05) is 30.8 Å². The van der Waals surface area contributed by atoms with Crippen molar-refractivity contribution in [1.82, 2.24) is 14.4 Å². The Hall–Kier alpha value is -1.82. The molecule has 0 aromatic carbocycles. The van der Waals surface area contributed by atoms with Gasteiger partial charge in [0.15, 0.2) is 11.5 Å². The second kappa shape index (κ2) is 5.22. The van der Waals surface area contributed by atoms with Gasteiger partial charge in [0, 0.05) is 25.5 Å². The molecule has 6 nitrogen and oxygen atoms in total. The summed E-state index contributed by atoms with van der Waals surface area (Å²) in [4.78, 5) is 8.73. The van der Waals surface area contributed by atoms with Crippen molar-refractivity contribution in [3.8, 4) is 0 Å². The van der Waals surface area contributed by atoms with Crippen molar-refractivity contribution in [1.29, 1.82) is 0 Å². The van der Waals surface area contributed by atoms with Gasteiger partial charge < -0.3 is 20.1 Å². The number of aliphatic hydroxyl groups is 1. The molecule has 3 N–H and O–H groups in total. The molecule has 2 atom stereocenters. The number of aromatic nitrogens is 3. The predicted octanol–water partition coefficient (Wildman–Crippen LogP) is 1.34.